The molecule has 4 N–H and O–H groups in total. The van der Waals surface area contributed by atoms with Crippen molar-refractivity contribution >= 4 is 27.3 Å². The fourth-order valence-corrected chi connectivity index (χ4v) is 4.44. The number of rotatable bonds is 7. The second-order valence-corrected chi connectivity index (χ2v) is 10.2. The Morgan fingerprint density at radius 3 is 2.35 bits per heavy atom. The van der Waals surface area contributed by atoms with Gasteiger partial charge in [-0.05, 0) is 32.4 Å². The molecule has 1 amide bonds. The maximum atomic E-state index is 12.3. The van der Waals surface area contributed by atoms with Gasteiger partial charge in [0.1, 0.15) is 4.21 Å². The van der Waals surface area contributed by atoms with E-state index < -0.39 is 21.0 Å². The van der Waals surface area contributed by atoms with Crippen LogP contribution in [0.4, 0.5) is 0 Å². The lowest BCUT2D eigenvalue weighted by Gasteiger charge is -2.23. The average molecular weight is 362 g/mol. The van der Waals surface area contributed by atoms with E-state index >= 15 is 0 Å². The van der Waals surface area contributed by atoms with Gasteiger partial charge < -0.3 is 11.1 Å². The molecule has 0 atom stereocenters. The second kappa shape index (κ2) is 7.29. The second-order valence-electron chi connectivity index (χ2n) is 7.17. The summed E-state index contributed by atoms with van der Waals surface area (Å²) in [4.78, 5) is 12.7. The van der Waals surface area contributed by atoms with Crippen molar-refractivity contribution in [3.63, 3.8) is 0 Å². The minimum atomic E-state index is -3.57. The number of nitrogens with two attached hydrogens (primary N) is 1. The Bertz CT molecular complexity index is 643. The average Bonchev–Trinajstić information content (AvgIpc) is 2.86. The van der Waals surface area contributed by atoms with E-state index in [4.69, 9.17) is 5.73 Å². The number of thiophene rings is 1. The zero-order chi connectivity index (χ0) is 17.9. The molecule has 1 aromatic heterocycles. The van der Waals surface area contributed by atoms with Crippen LogP contribution in [0, 0.1) is 5.41 Å². The third-order valence-electron chi connectivity index (χ3n) is 3.16. The Hall–Kier alpha value is -0.960. The number of carbonyl (C=O) groups is 1. The van der Waals surface area contributed by atoms with Crippen molar-refractivity contribution in [1.29, 1.82) is 0 Å². The van der Waals surface area contributed by atoms with Crippen molar-refractivity contribution < 1.29 is 13.2 Å². The van der Waals surface area contributed by atoms with Crippen molar-refractivity contribution in [3.05, 3.63) is 17.0 Å². The molecule has 0 aliphatic carbocycles. The molecule has 0 saturated heterocycles. The van der Waals surface area contributed by atoms with E-state index in [1.54, 1.807) is 26.0 Å². The van der Waals surface area contributed by atoms with E-state index in [0.717, 1.165) is 4.88 Å². The Morgan fingerprint density at radius 2 is 1.83 bits per heavy atom. The fraction of sp³-hybridized carbons (Fsp3) is 0.667. The highest BCUT2D eigenvalue weighted by molar-refractivity contribution is 7.91. The van der Waals surface area contributed by atoms with E-state index in [-0.39, 0.29) is 16.7 Å². The van der Waals surface area contributed by atoms with Gasteiger partial charge in [-0.15, -0.1) is 11.3 Å². The molecule has 1 heterocycles. The molecular weight excluding hydrogens is 334 g/mol. The molecule has 6 nitrogen and oxygen atoms in total. The molecule has 0 spiro atoms. The number of sulfonamides is 1. The lowest BCUT2D eigenvalue weighted by molar-refractivity contribution is -0.128. The van der Waals surface area contributed by atoms with Gasteiger partial charge in [0.15, 0.2) is 0 Å². The molecule has 0 aromatic carbocycles. The molecule has 0 aliphatic heterocycles. The van der Waals surface area contributed by atoms with E-state index in [0.29, 0.717) is 13.0 Å². The number of carbonyl (C=O) groups excluding carboxylic acids is 1. The molecular formula is C15H27N3O3S2. The molecule has 8 heteroatoms. The summed E-state index contributed by atoms with van der Waals surface area (Å²) in [5, 5.41) is 2.85. The van der Waals surface area contributed by atoms with Crippen LogP contribution >= 0.6 is 11.3 Å². The van der Waals surface area contributed by atoms with Gasteiger partial charge in [0.2, 0.25) is 5.91 Å². The summed E-state index contributed by atoms with van der Waals surface area (Å²) in [6.07, 6.45) is 0.599. The first-order valence-electron chi connectivity index (χ1n) is 7.48. The number of hydrogen-bond acceptors (Lipinski definition) is 5. The van der Waals surface area contributed by atoms with Crippen molar-refractivity contribution in [2.24, 2.45) is 11.1 Å². The van der Waals surface area contributed by atoms with Crippen LogP contribution in [-0.4, -0.2) is 33.0 Å². The summed E-state index contributed by atoms with van der Waals surface area (Å²) in [6.45, 7) is 9.72. The Labute approximate surface area is 142 Å². The zero-order valence-electron chi connectivity index (χ0n) is 14.4. The van der Waals surface area contributed by atoms with E-state index in [1.807, 2.05) is 20.8 Å². The van der Waals surface area contributed by atoms with Crippen molar-refractivity contribution in [1.82, 2.24) is 10.0 Å². The molecule has 0 saturated carbocycles. The van der Waals surface area contributed by atoms with Crippen LogP contribution in [0.5, 0.6) is 0 Å². The standard InChI is InChI=1S/C15H27N3O3S2/c1-14(2,3)13(19)17-9-8-11-6-7-12(22-11)23(20,21)18-15(4,5)10-16/h6-7,18H,8-10,16H2,1-5H3,(H,17,19). The van der Waals surface area contributed by atoms with Crippen LogP contribution in [-0.2, 0) is 21.2 Å². The lowest BCUT2D eigenvalue weighted by atomic mass is 9.96. The molecule has 132 valence electrons. The summed E-state index contributed by atoms with van der Waals surface area (Å²) in [5.41, 5.74) is 4.44. The van der Waals surface area contributed by atoms with E-state index in [9.17, 15) is 13.2 Å². The SMILES string of the molecule is CC(C)(CN)NS(=O)(=O)c1ccc(CCNC(=O)C(C)(C)C)s1. The summed E-state index contributed by atoms with van der Waals surface area (Å²) in [7, 11) is -3.57. The van der Waals surface area contributed by atoms with E-state index in [1.165, 1.54) is 11.3 Å². The van der Waals surface area contributed by atoms with Gasteiger partial charge in [-0.1, -0.05) is 20.8 Å². The van der Waals surface area contributed by atoms with Gasteiger partial charge >= 0.3 is 0 Å². The van der Waals surface area contributed by atoms with Gasteiger partial charge in [-0.25, -0.2) is 13.1 Å². The van der Waals surface area contributed by atoms with Crippen LogP contribution < -0.4 is 15.8 Å². The quantitative estimate of drug-likeness (QED) is 0.684. The zero-order valence-corrected chi connectivity index (χ0v) is 16.0. The predicted octanol–water partition coefficient (Wildman–Crippen LogP) is 1.47. The fourth-order valence-electron chi connectivity index (χ4n) is 1.66. The van der Waals surface area contributed by atoms with Crippen LogP contribution in [0.15, 0.2) is 16.3 Å². The topological polar surface area (TPSA) is 101 Å². The van der Waals surface area contributed by atoms with Crippen LogP contribution in [0.25, 0.3) is 0 Å². The summed E-state index contributed by atoms with van der Waals surface area (Å²) in [5.74, 6) is -0.0201. The smallest absolute Gasteiger partial charge is 0.250 e. The molecule has 0 unspecified atom stereocenters. The highest BCUT2D eigenvalue weighted by atomic mass is 32.2. The normalized spacial score (nSPS) is 13.1. The van der Waals surface area contributed by atoms with Gasteiger partial charge in [-0.3, -0.25) is 4.79 Å². The predicted molar refractivity (Wildman–Crippen MR) is 93.9 cm³/mol. The molecule has 0 radical (unpaired) electrons. The van der Waals surface area contributed by atoms with Crippen molar-refractivity contribution in [2.75, 3.05) is 13.1 Å². The monoisotopic (exact) mass is 361 g/mol. The molecule has 0 bridgehead atoms. The minimum Gasteiger partial charge on any atom is -0.355 e. The van der Waals surface area contributed by atoms with E-state index in [2.05, 4.69) is 10.0 Å². The Balaban J connectivity index is 2.66. The Kier molecular flexibility index (Phi) is 6.37. The van der Waals surface area contributed by atoms with Crippen LogP contribution in [0.1, 0.15) is 39.5 Å². The van der Waals surface area contributed by atoms with Gasteiger partial charge in [0, 0.05) is 28.9 Å². The van der Waals surface area contributed by atoms with Crippen molar-refractivity contribution in [2.45, 2.75) is 50.8 Å². The first-order chi connectivity index (χ1) is 10.4. The Morgan fingerprint density at radius 1 is 1.22 bits per heavy atom. The third-order valence-corrected chi connectivity index (χ3v) is 6.50. The number of hydrogen-bond donors (Lipinski definition) is 3. The molecule has 1 aromatic rings. The van der Waals surface area contributed by atoms with Crippen LogP contribution in [0.2, 0.25) is 0 Å². The maximum Gasteiger partial charge on any atom is 0.250 e. The number of amides is 1. The first kappa shape index (κ1) is 20.1. The summed E-state index contributed by atoms with van der Waals surface area (Å²) >= 11 is 1.21. The van der Waals surface area contributed by atoms with Gasteiger partial charge in [-0.2, -0.15) is 0 Å². The molecule has 23 heavy (non-hydrogen) atoms. The molecule has 0 aliphatic rings. The van der Waals surface area contributed by atoms with Crippen molar-refractivity contribution in [3.8, 4) is 0 Å². The first-order valence-corrected chi connectivity index (χ1v) is 9.78. The highest BCUT2D eigenvalue weighted by Gasteiger charge is 2.26. The summed E-state index contributed by atoms with van der Waals surface area (Å²) in [6, 6.07) is 3.36. The molecule has 1 rings (SSSR count). The maximum absolute atomic E-state index is 12.3. The van der Waals surface area contributed by atoms with Gasteiger partial charge in [0.25, 0.3) is 10.0 Å². The van der Waals surface area contributed by atoms with Gasteiger partial charge in [0.05, 0.1) is 0 Å². The number of nitrogens with one attached hydrogen (secondary N) is 2. The molecule has 0 fully saturated rings. The minimum absolute atomic E-state index is 0.0201. The largest absolute Gasteiger partial charge is 0.355 e. The summed E-state index contributed by atoms with van der Waals surface area (Å²) < 4.78 is 27.5. The van der Waals surface area contributed by atoms with Crippen LogP contribution in [0.3, 0.4) is 0 Å². The lowest BCUT2D eigenvalue weighted by Crippen LogP contribution is -2.48. The third kappa shape index (κ3) is 6.21. The highest BCUT2D eigenvalue weighted by Crippen LogP contribution is 2.23.